The van der Waals surface area contributed by atoms with E-state index in [9.17, 15) is 13.2 Å². The van der Waals surface area contributed by atoms with Gasteiger partial charge in [-0.25, -0.2) is 0 Å². The molecule has 0 aromatic rings. The highest BCUT2D eigenvalue weighted by molar-refractivity contribution is 4.81. The lowest BCUT2D eigenvalue weighted by molar-refractivity contribution is -0.156. The number of alkyl halides is 3. The minimum atomic E-state index is -4.15. The molecule has 14 heavy (non-hydrogen) atoms. The van der Waals surface area contributed by atoms with Crippen LogP contribution >= 0.6 is 0 Å². The van der Waals surface area contributed by atoms with Gasteiger partial charge in [0.15, 0.2) is 0 Å². The van der Waals surface area contributed by atoms with Crippen molar-refractivity contribution in [2.24, 2.45) is 5.92 Å². The molecule has 3 atom stereocenters. The Kier molecular flexibility index (Phi) is 3.78. The van der Waals surface area contributed by atoms with Gasteiger partial charge in [0.05, 0.1) is 6.61 Å². The second-order valence-electron chi connectivity index (χ2n) is 3.88. The van der Waals surface area contributed by atoms with Gasteiger partial charge in [-0.1, -0.05) is 6.92 Å². The Morgan fingerprint density at radius 2 is 2.07 bits per heavy atom. The Hall–Kier alpha value is -0.290. The molecule has 1 fully saturated rings. The molecule has 1 rings (SSSR count). The number of rotatable bonds is 2. The van der Waals surface area contributed by atoms with Crippen molar-refractivity contribution in [1.29, 1.82) is 0 Å². The third-order valence-electron chi connectivity index (χ3n) is 2.60. The van der Waals surface area contributed by atoms with Gasteiger partial charge >= 0.3 is 6.18 Å². The van der Waals surface area contributed by atoms with Gasteiger partial charge in [-0.15, -0.1) is 0 Å². The van der Waals surface area contributed by atoms with Gasteiger partial charge in [0, 0.05) is 12.6 Å². The highest BCUT2D eigenvalue weighted by Crippen LogP contribution is 2.22. The van der Waals surface area contributed by atoms with Crippen LogP contribution in [0.15, 0.2) is 0 Å². The van der Waals surface area contributed by atoms with Gasteiger partial charge in [0.1, 0.15) is 6.04 Å². The number of hydrogen-bond donors (Lipinski definition) is 1. The summed E-state index contributed by atoms with van der Waals surface area (Å²) in [6.45, 7) is 4.15. The Bertz CT molecular complexity index is 183. The van der Waals surface area contributed by atoms with Crippen LogP contribution in [0.3, 0.4) is 0 Å². The fourth-order valence-electron chi connectivity index (χ4n) is 1.54. The molecule has 1 aliphatic heterocycles. The van der Waals surface area contributed by atoms with E-state index in [-0.39, 0.29) is 12.0 Å². The fraction of sp³-hybridized carbons (Fsp3) is 1.00. The van der Waals surface area contributed by atoms with Crippen molar-refractivity contribution in [2.45, 2.75) is 38.5 Å². The van der Waals surface area contributed by atoms with Gasteiger partial charge < -0.3 is 10.1 Å². The minimum absolute atomic E-state index is 0.0830. The van der Waals surface area contributed by atoms with Crippen LogP contribution < -0.4 is 5.32 Å². The van der Waals surface area contributed by atoms with Crippen LogP contribution in [0, 0.1) is 5.92 Å². The normalized spacial score (nSPS) is 31.5. The van der Waals surface area contributed by atoms with Gasteiger partial charge in [0.25, 0.3) is 0 Å². The average Bonchev–Trinajstić information content (AvgIpc) is 2.07. The van der Waals surface area contributed by atoms with Crippen LogP contribution in [0.25, 0.3) is 0 Å². The molecule has 2 nitrogen and oxygen atoms in total. The summed E-state index contributed by atoms with van der Waals surface area (Å²) in [5.41, 5.74) is 0. The first-order chi connectivity index (χ1) is 6.41. The molecular formula is C9H16F3NO. The predicted octanol–water partition coefficient (Wildman–Crippen LogP) is 1.95. The van der Waals surface area contributed by atoms with Gasteiger partial charge in [-0.05, 0) is 19.3 Å². The molecule has 3 unspecified atom stereocenters. The highest BCUT2D eigenvalue weighted by atomic mass is 19.4. The van der Waals surface area contributed by atoms with Gasteiger partial charge in [-0.3, -0.25) is 0 Å². The zero-order valence-corrected chi connectivity index (χ0v) is 8.40. The maximum Gasteiger partial charge on any atom is 0.403 e. The SMILES string of the molecule is CC1COCCC1NC(C)C(F)(F)F. The molecule has 1 aliphatic rings. The second kappa shape index (κ2) is 4.49. The van der Waals surface area contributed by atoms with E-state index in [0.29, 0.717) is 19.6 Å². The van der Waals surface area contributed by atoms with E-state index < -0.39 is 12.2 Å². The van der Waals surface area contributed by atoms with E-state index in [1.807, 2.05) is 6.92 Å². The predicted molar refractivity (Wildman–Crippen MR) is 47.0 cm³/mol. The highest BCUT2D eigenvalue weighted by Gasteiger charge is 2.38. The number of hydrogen-bond acceptors (Lipinski definition) is 2. The molecule has 0 amide bonds. The smallest absolute Gasteiger partial charge is 0.381 e. The summed E-state index contributed by atoms with van der Waals surface area (Å²) in [5.74, 6) is 0.147. The molecule has 0 radical (unpaired) electrons. The molecule has 0 aliphatic carbocycles. The monoisotopic (exact) mass is 211 g/mol. The van der Waals surface area contributed by atoms with Crippen molar-refractivity contribution in [2.75, 3.05) is 13.2 Å². The molecule has 0 saturated carbocycles. The Labute approximate surface area is 81.8 Å². The molecule has 1 heterocycles. The van der Waals surface area contributed by atoms with Crippen molar-refractivity contribution in [3.8, 4) is 0 Å². The van der Waals surface area contributed by atoms with Crippen molar-refractivity contribution >= 4 is 0 Å². The van der Waals surface area contributed by atoms with Crippen molar-refractivity contribution in [3.05, 3.63) is 0 Å². The summed E-state index contributed by atoms with van der Waals surface area (Å²) in [4.78, 5) is 0. The molecule has 5 heteroatoms. The first-order valence-corrected chi connectivity index (χ1v) is 4.81. The van der Waals surface area contributed by atoms with Gasteiger partial charge in [-0.2, -0.15) is 13.2 Å². The Balaban J connectivity index is 2.42. The van der Waals surface area contributed by atoms with Crippen LogP contribution in [0.2, 0.25) is 0 Å². The standard InChI is InChI=1S/C9H16F3NO/c1-6-5-14-4-3-8(6)13-7(2)9(10,11)12/h6-8,13H,3-5H2,1-2H3. The molecule has 0 bridgehead atoms. The number of nitrogens with one attached hydrogen (secondary N) is 1. The van der Waals surface area contributed by atoms with E-state index >= 15 is 0 Å². The van der Waals surface area contributed by atoms with Crippen LogP contribution in [-0.2, 0) is 4.74 Å². The lowest BCUT2D eigenvalue weighted by Crippen LogP contribution is -2.50. The van der Waals surface area contributed by atoms with Crippen molar-refractivity contribution < 1.29 is 17.9 Å². The fourth-order valence-corrected chi connectivity index (χ4v) is 1.54. The van der Waals surface area contributed by atoms with E-state index in [1.54, 1.807) is 0 Å². The summed E-state index contributed by atoms with van der Waals surface area (Å²) < 4.78 is 41.9. The van der Waals surface area contributed by atoms with Crippen molar-refractivity contribution in [1.82, 2.24) is 5.32 Å². The summed E-state index contributed by atoms with van der Waals surface area (Å²) in [5, 5.41) is 2.60. The topological polar surface area (TPSA) is 21.3 Å². The first kappa shape index (κ1) is 11.8. The first-order valence-electron chi connectivity index (χ1n) is 4.81. The number of halogens is 3. The molecule has 0 aromatic heterocycles. The van der Waals surface area contributed by atoms with Crippen LogP contribution in [-0.4, -0.2) is 31.5 Å². The van der Waals surface area contributed by atoms with Gasteiger partial charge in [0.2, 0.25) is 0 Å². The van der Waals surface area contributed by atoms with E-state index in [4.69, 9.17) is 4.74 Å². The van der Waals surface area contributed by atoms with E-state index in [2.05, 4.69) is 5.32 Å². The summed E-state index contributed by atoms with van der Waals surface area (Å²) in [6, 6.07) is -1.52. The lowest BCUT2D eigenvalue weighted by atomic mass is 9.97. The molecule has 0 spiro atoms. The molecule has 1 N–H and O–H groups in total. The molecular weight excluding hydrogens is 195 g/mol. The minimum Gasteiger partial charge on any atom is -0.381 e. The Morgan fingerprint density at radius 1 is 1.43 bits per heavy atom. The lowest BCUT2D eigenvalue weighted by Gasteiger charge is -2.32. The maximum atomic E-state index is 12.2. The maximum absolute atomic E-state index is 12.2. The third-order valence-corrected chi connectivity index (χ3v) is 2.60. The second-order valence-corrected chi connectivity index (χ2v) is 3.88. The molecule has 1 saturated heterocycles. The number of ether oxygens (including phenoxy) is 1. The van der Waals surface area contributed by atoms with Crippen LogP contribution in [0.5, 0.6) is 0 Å². The zero-order valence-electron chi connectivity index (χ0n) is 8.40. The molecule has 84 valence electrons. The van der Waals surface area contributed by atoms with Crippen LogP contribution in [0.1, 0.15) is 20.3 Å². The van der Waals surface area contributed by atoms with Crippen molar-refractivity contribution in [3.63, 3.8) is 0 Å². The van der Waals surface area contributed by atoms with Crippen LogP contribution in [0.4, 0.5) is 13.2 Å². The van der Waals surface area contributed by atoms with E-state index in [1.165, 1.54) is 0 Å². The zero-order chi connectivity index (χ0) is 10.8. The van der Waals surface area contributed by atoms with E-state index in [0.717, 1.165) is 6.92 Å². The molecule has 0 aromatic carbocycles. The summed E-state index contributed by atoms with van der Waals surface area (Å²) >= 11 is 0. The Morgan fingerprint density at radius 3 is 2.57 bits per heavy atom. The summed E-state index contributed by atoms with van der Waals surface area (Å²) in [7, 11) is 0. The average molecular weight is 211 g/mol. The quantitative estimate of drug-likeness (QED) is 0.753. The largest absolute Gasteiger partial charge is 0.403 e. The summed E-state index contributed by atoms with van der Waals surface area (Å²) in [6.07, 6.45) is -3.50. The third kappa shape index (κ3) is 3.13.